The fraction of sp³-hybridized carbons (Fsp3) is 0.588. The number of aromatic amines is 1. The summed E-state index contributed by atoms with van der Waals surface area (Å²) in [6.07, 6.45) is -11.9. The van der Waals surface area contributed by atoms with E-state index in [0.717, 1.165) is 6.20 Å². The molecule has 0 unspecified atom stereocenters. The van der Waals surface area contributed by atoms with Gasteiger partial charge < -0.3 is 56.9 Å². The smallest absolute Gasteiger partial charge is 0.404 e. The number of hydrogen-bond donors (Lipinski definition) is 10. The van der Waals surface area contributed by atoms with E-state index in [4.69, 9.17) is 16.2 Å². The number of hydrogen-bond acceptors (Lipinski definition) is 13. The minimum absolute atomic E-state index is 0.305. The molecule has 8 atom stereocenters. The number of aromatic nitrogens is 2. The SMILES string of the molecule is NC(=O)OC[C@H](O)[C@@H](O)[C@H](N)C(=O)N[C@H](C(=O)O)[C@H]1O[C@@H](n2cc(CO)c(=O)[nH]c2=O)[C@H](O)[C@@H]1O. The highest BCUT2D eigenvalue weighted by atomic mass is 16.6. The van der Waals surface area contributed by atoms with Crippen LogP contribution in [0.4, 0.5) is 4.79 Å². The van der Waals surface area contributed by atoms with Crippen LogP contribution in [0.3, 0.4) is 0 Å². The number of rotatable bonds is 10. The third-order valence-electron chi connectivity index (χ3n) is 5.11. The van der Waals surface area contributed by atoms with Crippen molar-refractivity contribution in [3.05, 3.63) is 32.6 Å². The highest BCUT2D eigenvalue weighted by Crippen LogP contribution is 2.30. The van der Waals surface area contributed by atoms with Crippen LogP contribution in [0.25, 0.3) is 0 Å². The normalized spacial score (nSPS) is 25.3. The summed E-state index contributed by atoms with van der Waals surface area (Å²) in [5.74, 6) is -3.13. The number of amides is 2. The number of carbonyl (C=O) groups excluding carboxylic acids is 2. The van der Waals surface area contributed by atoms with Crippen LogP contribution in [0, 0.1) is 0 Å². The van der Waals surface area contributed by atoms with Gasteiger partial charge in [-0.2, -0.15) is 0 Å². The number of aliphatic carboxylic acids is 1. The van der Waals surface area contributed by atoms with E-state index >= 15 is 0 Å². The number of carbonyl (C=O) groups is 3. The van der Waals surface area contributed by atoms with Gasteiger partial charge in [-0.3, -0.25) is 19.1 Å². The van der Waals surface area contributed by atoms with E-state index in [1.807, 2.05) is 10.3 Å². The number of nitrogens with two attached hydrogens (primary N) is 2. The van der Waals surface area contributed by atoms with Crippen molar-refractivity contribution in [3.8, 4) is 0 Å². The predicted octanol–water partition coefficient (Wildman–Crippen LogP) is -6.64. The largest absolute Gasteiger partial charge is 0.480 e. The van der Waals surface area contributed by atoms with Crippen molar-refractivity contribution in [1.29, 1.82) is 0 Å². The number of H-pyrrole nitrogens is 1. The summed E-state index contributed by atoms with van der Waals surface area (Å²) in [6.45, 7) is -1.63. The molecule has 18 heteroatoms. The molecule has 0 radical (unpaired) electrons. The molecule has 2 amide bonds. The van der Waals surface area contributed by atoms with E-state index < -0.39 is 91.3 Å². The first-order chi connectivity index (χ1) is 16.3. The van der Waals surface area contributed by atoms with Gasteiger partial charge in [0.15, 0.2) is 12.3 Å². The Bertz CT molecular complexity index is 1060. The summed E-state index contributed by atoms with van der Waals surface area (Å²) in [4.78, 5) is 60.3. The Balaban J connectivity index is 2.22. The fourth-order valence-electron chi connectivity index (χ4n) is 3.21. The average Bonchev–Trinajstić information content (AvgIpc) is 3.08. The number of carboxylic acid groups (broad SMARTS) is 1. The Kier molecular flexibility index (Phi) is 9.04. The maximum Gasteiger partial charge on any atom is 0.404 e. The number of nitrogens with zero attached hydrogens (tertiary/aromatic N) is 1. The minimum Gasteiger partial charge on any atom is -0.480 e. The zero-order valence-electron chi connectivity index (χ0n) is 17.8. The third-order valence-corrected chi connectivity index (χ3v) is 5.11. The second kappa shape index (κ2) is 11.4. The summed E-state index contributed by atoms with van der Waals surface area (Å²) in [5, 5.41) is 61.0. The lowest BCUT2D eigenvalue weighted by Crippen LogP contribution is -2.60. The van der Waals surface area contributed by atoms with Gasteiger partial charge in [0, 0.05) is 6.20 Å². The molecule has 12 N–H and O–H groups in total. The van der Waals surface area contributed by atoms with Crippen molar-refractivity contribution in [2.45, 2.75) is 55.4 Å². The monoisotopic (exact) mass is 507 g/mol. The van der Waals surface area contributed by atoms with Crippen LogP contribution in [0.15, 0.2) is 15.8 Å². The zero-order chi connectivity index (χ0) is 26.6. The van der Waals surface area contributed by atoms with Crippen molar-refractivity contribution in [2.24, 2.45) is 11.5 Å². The van der Waals surface area contributed by atoms with Crippen molar-refractivity contribution in [1.82, 2.24) is 14.9 Å². The van der Waals surface area contributed by atoms with Crippen LogP contribution >= 0.6 is 0 Å². The molecule has 0 saturated carbocycles. The summed E-state index contributed by atoms with van der Waals surface area (Å²) in [6, 6.07) is -4.05. The number of carboxylic acids is 1. The molecule has 35 heavy (non-hydrogen) atoms. The maximum absolute atomic E-state index is 12.4. The van der Waals surface area contributed by atoms with Gasteiger partial charge in [-0.1, -0.05) is 0 Å². The first-order valence-electron chi connectivity index (χ1n) is 9.84. The number of nitrogens with one attached hydrogen (secondary N) is 2. The third kappa shape index (κ3) is 6.19. The first kappa shape index (κ1) is 27.9. The standard InChI is InChI=1S/C17H25N5O13/c18-6(8(25)5(24)3-34-16(19)32)13(29)20-7(15(30)31)11-9(26)10(27)14(35-11)22-1-4(2-23)12(28)21-17(22)33/h1,5-11,14,23-27H,2-3,18H2,(H2,19,32)(H,20,29)(H,30,31)(H,21,28,33)/t5-,6-,7-,8+,9-,10+,11+,14+/m0/s1. The summed E-state index contributed by atoms with van der Waals surface area (Å²) in [5.41, 5.74) is 7.89. The van der Waals surface area contributed by atoms with E-state index in [1.165, 1.54) is 0 Å². The van der Waals surface area contributed by atoms with Crippen LogP contribution in [-0.2, 0) is 25.7 Å². The molecule has 0 aromatic carbocycles. The van der Waals surface area contributed by atoms with Gasteiger partial charge in [0.25, 0.3) is 5.56 Å². The molecule has 1 aliphatic rings. The summed E-state index contributed by atoms with van der Waals surface area (Å²) in [7, 11) is 0. The van der Waals surface area contributed by atoms with Crippen LogP contribution in [0.5, 0.6) is 0 Å². The molecule has 2 rings (SSSR count). The van der Waals surface area contributed by atoms with Crippen LogP contribution in [-0.4, -0.2) is 107 Å². The molecule has 1 saturated heterocycles. The molecule has 2 heterocycles. The fourth-order valence-corrected chi connectivity index (χ4v) is 3.21. The molecule has 18 nitrogen and oxygen atoms in total. The van der Waals surface area contributed by atoms with Crippen LogP contribution in [0.2, 0.25) is 0 Å². The minimum atomic E-state index is -2.09. The molecule has 1 fully saturated rings. The lowest BCUT2D eigenvalue weighted by Gasteiger charge is -2.27. The Hall–Kier alpha value is -3.39. The quantitative estimate of drug-likeness (QED) is 0.141. The second-order valence-corrected chi connectivity index (χ2v) is 7.49. The van der Waals surface area contributed by atoms with Gasteiger partial charge in [-0.05, 0) is 0 Å². The number of ether oxygens (including phenoxy) is 2. The van der Waals surface area contributed by atoms with Crippen LogP contribution < -0.4 is 28.0 Å². The highest BCUT2D eigenvalue weighted by molar-refractivity contribution is 5.87. The number of aliphatic hydroxyl groups excluding tert-OH is 5. The van der Waals surface area contributed by atoms with E-state index in [0.29, 0.717) is 4.57 Å². The van der Waals surface area contributed by atoms with Crippen molar-refractivity contribution < 1.29 is 54.5 Å². The molecule has 0 bridgehead atoms. The Labute approximate surface area is 194 Å². The van der Waals surface area contributed by atoms with Crippen LogP contribution in [0.1, 0.15) is 11.8 Å². The lowest BCUT2D eigenvalue weighted by molar-refractivity contribution is -0.150. The molecule has 0 spiro atoms. The lowest BCUT2D eigenvalue weighted by atomic mass is 10.0. The van der Waals surface area contributed by atoms with E-state index in [2.05, 4.69) is 4.74 Å². The summed E-state index contributed by atoms with van der Waals surface area (Å²) >= 11 is 0. The highest BCUT2D eigenvalue weighted by Gasteiger charge is 2.50. The van der Waals surface area contributed by atoms with E-state index in [1.54, 1.807) is 0 Å². The summed E-state index contributed by atoms with van der Waals surface area (Å²) < 4.78 is 10.2. The van der Waals surface area contributed by atoms with Gasteiger partial charge in [-0.15, -0.1) is 0 Å². The molecular formula is C17H25N5O13. The van der Waals surface area contributed by atoms with Gasteiger partial charge in [0.2, 0.25) is 5.91 Å². The van der Waals surface area contributed by atoms with Gasteiger partial charge in [0.05, 0.1) is 12.2 Å². The Morgan fingerprint density at radius 3 is 2.40 bits per heavy atom. The van der Waals surface area contributed by atoms with Crippen molar-refractivity contribution >= 4 is 18.0 Å². The average molecular weight is 507 g/mol. The molecule has 0 aliphatic carbocycles. The first-order valence-corrected chi connectivity index (χ1v) is 9.84. The van der Waals surface area contributed by atoms with Crippen molar-refractivity contribution in [2.75, 3.05) is 6.61 Å². The number of primary amides is 1. The molecule has 196 valence electrons. The molecular weight excluding hydrogens is 482 g/mol. The van der Waals surface area contributed by atoms with Crippen molar-refractivity contribution in [3.63, 3.8) is 0 Å². The molecule has 1 aromatic heterocycles. The topological polar surface area (TPSA) is 310 Å². The van der Waals surface area contributed by atoms with E-state index in [-0.39, 0.29) is 5.56 Å². The Morgan fingerprint density at radius 1 is 1.23 bits per heavy atom. The predicted molar refractivity (Wildman–Crippen MR) is 108 cm³/mol. The maximum atomic E-state index is 12.4. The van der Waals surface area contributed by atoms with Gasteiger partial charge in [0.1, 0.15) is 43.2 Å². The molecule has 1 aliphatic heterocycles. The second-order valence-electron chi connectivity index (χ2n) is 7.49. The number of aliphatic hydroxyl groups is 5. The zero-order valence-corrected chi connectivity index (χ0v) is 17.8. The molecule has 1 aromatic rings. The van der Waals surface area contributed by atoms with E-state index in [9.17, 15) is 54.6 Å². The Morgan fingerprint density at radius 2 is 1.86 bits per heavy atom. The van der Waals surface area contributed by atoms with Gasteiger partial charge >= 0.3 is 17.8 Å². The van der Waals surface area contributed by atoms with Gasteiger partial charge in [-0.25, -0.2) is 14.4 Å².